The Balaban J connectivity index is 1.09. The number of nitrogens with one attached hydrogen (secondary N) is 1. The minimum absolute atomic E-state index is 0.0890. The molecule has 1 N–H and O–H groups in total. The number of aromatic nitrogens is 4. The number of benzene rings is 1. The Labute approximate surface area is 243 Å². The Morgan fingerprint density at radius 1 is 1.00 bits per heavy atom. The van der Waals surface area contributed by atoms with Crippen molar-refractivity contribution in [2.24, 2.45) is 0 Å². The van der Waals surface area contributed by atoms with Gasteiger partial charge in [0.05, 0.1) is 16.1 Å². The van der Waals surface area contributed by atoms with Crippen LogP contribution in [0, 0.1) is 13.8 Å². The van der Waals surface area contributed by atoms with E-state index in [9.17, 15) is 8.42 Å². The van der Waals surface area contributed by atoms with Crippen LogP contribution in [0.2, 0.25) is 0 Å². The molecule has 1 atom stereocenters. The van der Waals surface area contributed by atoms with E-state index in [1.54, 1.807) is 28.8 Å². The van der Waals surface area contributed by atoms with Gasteiger partial charge in [-0.2, -0.15) is 4.31 Å². The van der Waals surface area contributed by atoms with E-state index >= 15 is 0 Å². The minimum atomic E-state index is -3.57. The van der Waals surface area contributed by atoms with Crippen molar-refractivity contribution in [3.8, 4) is 21.8 Å². The molecule has 41 heavy (non-hydrogen) atoms. The second-order valence-corrected chi connectivity index (χ2v) is 13.6. The maximum Gasteiger partial charge on any atom is 0.252 e. The number of rotatable bonds is 8. The molecule has 0 radical (unpaired) electrons. The van der Waals surface area contributed by atoms with Gasteiger partial charge >= 0.3 is 0 Å². The Morgan fingerprint density at radius 2 is 1.83 bits per heavy atom. The number of aryl methyl sites for hydroxylation is 2. The molecular weight excluding hydrogens is 558 g/mol. The van der Waals surface area contributed by atoms with Crippen molar-refractivity contribution in [1.29, 1.82) is 0 Å². The van der Waals surface area contributed by atoms with Crippen LogP contribution in [-0.4, -0.2) is 76.5 Å². The fraction of sp³-hybridized carbons (Fsp3) is 0.310. The molecule has 0 bridgehead atoms. The first-order valence-electron chi connectivity index (χ1n) is 13.5. The summed E-state index contributed by atoms with van der Waals surface area (Å²) >= 11 is 1.21. The first-order valence-corrected chi connectivity index (χ1v) is 15.7. The third-order valence-electron chi connectivity index (χ3n) is 7.18. The average molecular weight is 590 g/mol. The summed E-state index contributed by atoms with van der Waals surface area (Å²) in [5.74, 6) is 1.36. The summed E-state index contributed by atoms with van der Waals surface area (Å²) in [5, 5.41) is 8.40. The van der Waals surface area contributed by atoms with Crippen LogP contribution < -0.4 is 5.32 Å². The quantitative estimate of drug-likeness (QED) is 0.272. The third-order valence-corrected chi connectivity index (χ3v) is 10.6. The molecule has 1 aromatic carbocycles. The van der Waals surface area contributed by atoms with Gasteiger partial charge in [-0.05, 0) is 45.0 Å². The van der Waals surface area contributed by atoms with Crippen molar-refractivity contribution in [2.45, 2.75) is 31.0 Å². The van der Waals surface area contributed by atoms with Gasteiger partial charge in [0.2, 0.25) is 0 Å². The Kier molecular flexibility index (Phi) is 7.56. The number of pyridine rings is 1. The lowest BCUT2D eigenvalue weighted by Crippen LogP contribution is -2.50. The van der Waals surface area contributed by atoms with Gasteiger partial charge in [0, 0.05) is 73.2 Å². The SMILES string of the molecule is Cc1ccc(-c2cccc3c(NC(C)CN4CCN(S(=O)(=O)c5ccc(-c6cc(C)no6)s5)CC4)ncnc23)cn1. The highest BCUT2D eigenvalue weighted by Gasteiger charge is 2.30. The van der Waals surface area contributed by atoms with Gasteiger partial charge in [-0.15, -0.1) is 11.3 Å². The molecule has 1 aliphatic rings. The topological polar surface area (TPSA) is 117 Å². The largest absolute Gasteiger partial charge is 0.366 e. The van der Waals surface area contributed by atoms with E-state index in [-0.39, 0.29) is 6.04 Å². The fourth-order valence-electron chi connectivity index (χ4n) is 5.08. The molecule has 12 heteroatoms. The molecule has 4 aromatic heterocycles. The Hall–Kier alpha value is -3.71. The number of piperazine rings is 1. The molecule has 212 valence electrons. The zero-order chi connectivity index (χ0) is 28.6. The fourth-order valence-corrected chi connectivity index (χ4v) is 7.91. The number of sulfonamides is 1. The molecule has 1 fully saturated rings. The molecule has 0 aliphatic carbocycles. The van der Waals surface area contributed by atoms with Crippen molar-refractivity contribution < 1.29 is 12.9 Å². The van der Waals surface area contributed by atoms with Crippen LogP contribution >= 0.6 is 11.3 Å². The summed E-state index contributed by atoms with van der Waals surface area (Å²) in [4.78, 5) is 16.6. The summed E-state index contributed by atoms with van der Waals surface area (Å²) in [6.07, 6.45) is 3.46. The molecule has 1 aliphatic heterocycles. The van der Waals surface area contributed by atoms with Crippen LogP contribution in [0.25, 0.3) is 32.7 Å². The number of anilines is 1. The van der Waals surface area contributed by atoms with Gasteiger partial charge in [-0.25, -0.2) is 18.4 Å². The van der Waals surface area contributed by atoms with E-state index in [2.05, 4.69) is 49.4 Å². The van der Waals surface area contributed by atoms with Crippen molar-refractivity contribution >= 4 is 38.1 Å². The van der Waals surface area contributed by atoms with Gasteiger partial charge < -0.3 is 9.84 Å². The van der Waals surface area contributed by atoms with Gasteiger partial charge in [0.25, 0.3) is 10.0 Å². The lowest BCUT2D eigenvalue weighted by molar-refractivity contribution is 0.184. The lowest BCUT2D eigenvalue weighted by atomic mass is 10.0. The smallest absolute Gasteiger partial charge is 0.252 e. The second kappa shape index (κ2) is 11.3. The summed E-state index contributed by atoms with van der Waals surface area (Å²) in [6.45, 7) is 8.86. The van der Waals surface area contributed by atoms with Crippen LogP contribution in [0.3, 0.4) is 0 Å². The first kappa shape index (κ1) is 27.5. The molecule has 0 saturated carbocycles. The van der Waals surface area contributed by atoms with Crippen LogP contribution in [0.4, 0.5) is 5.82 Å². The average Bonchev–Trinajstić information content (AvgIpc) is 3.64. The van der Waals surface area contributed by atoms with Gasteiger partial charge in [-0.1, -0.05) is 23.4 Å². The summed E-state index contributed by atoms with van der Waals surface area (Å²) in [5.41, 5.74) is 4.63. The van der Waals surface area contributed by atoms with Gasteiger partial charge in [0.15, 0.2) is 5.76 Å². The van der Waals surface area contributed by atoms with E-state index < -0.39 is 10.0 Å². The normalized spacial score (nSPS) is 15.8. The molecule has 5 aromatic rings. The maximum absolute atomic E-state index is 13.3. The number of hydrogen-bond acceptors (Lipinski definition) is 10. The summed E-state index contributed by atoms with van der Waals surface area (Å²) < 4.78 is 33.8. The standard InChI is InChI=1S/C29H31N7O3S2/c1-19-7-8-22(16-30-19)23-5-4-6-24-28(23)31-18-32-29(24)33-21(3)17-35-11-13-36(14-12-35)41(37,38)27-10-9-26(40-27)25-15-20(2)34-39-25/h4-10,15-16,18,21H,11-14,17H2,1-3H3,(H,31,32,33). The molecule has 6 rings (SSSR count). The van der Waals surface area contributed by atoms with Crippen molar-refractivity contribution in [3.05, 3.63) is 72.4 Å². The molecule has 5 heterocycles. The van der Waals surface area contributed by atoms with Crippen molar-refractivity contribution in [1.82, 2.24) is 29.3 Å². The molecule has 0 spiro atoms. The third kappa shape index (κ3) is 5.73. The van der Waals surface area contributed by atoms with Crippen molar-refractivity contribution in [3.63, 3.8) is 0 Å². The van der Waals surface area contributed by atoms with Crippen LogP contribution in [0.5, 0.6) is 0 Å². The summed E-state index contributed by atoms with van der Waals surface area (Å²) in [6, 6.07) is 15.5. The van der Waals surface area contributed by atoms with E-state index in [0.29, 0.717) is 36.1 Å². The van der Waals surface area contributed by atoms with E-state index in [1.807, 2.05) is 38.2 Å². The molecule has 10 nitrogen and oxygen atoms in total. The number of nitrogens with zero attached hydrogens (tertiary/aromatic N) is 6. The monoisotopic (exact) mass is 589 g/mol. The van der Waals surface area contributed by atoms with Gasteiger partial charge in [-0.3, -0.25) is 9.88 Å². The maximum atomic E-state index is 13.3. The van der Waals surface area contributed by atoms with Crippen molar-refractivity contribution in [2.75, 3.05) is 38.0 Å². The highest BCUT2D eigenvalue weighted by Crippen LogP contribution is 2.33. The number of thiophene rings is 1. The lowest BCUT2D eigenvalue weighted by Gasteiger charge is -2.35. The van der Waals surface area contributed by atoms with Gasteiger partial charge in [0.1, 0.15) is 16.4 Å². The minimum Gasteiger partial charge on any atom is -0.366 e. The zero-order valence-corrected chi connectivity index (χ0v) is 24.7. The van der Waals surface area contributed by atoms with E-state index in [4.69, 9.17) is 4.52 Å². The van der Waals surface area contributed by atoms with E-state index in [0.717, 1.165) is 50.7 Å². The molecular formula is C29H31N7O3S2. The first-order chi connectivity index (χ1) is 19.8. The Morgan fingerprint density at radius 3 is 2.56 bits per heavy atom. The number of para-hydroxylation sites is 1. The molecule has 1 unspecified atom stereocenters. The number of hydrogen-bond donors (Lipinski definition) is 1. The Bertz CT molecular complexity index is 1780. The highest BCUT2D eigenvalue weighted by molar-refractivity contribution is 7.91. The predicted octanol–water partition coefficient (Wildman–Crippen LogP) is 4.83. The van der Waals surface area contributed by atoms with E-state index in [1.165, 1.54) is 11.3 Å². The predicted molar refractivity (Wildman–Crippen MR) is 160 cm³/mol. The molecule has 0 amide bonds. The van der Waals surface area contributed by atoms with Crippen LogP contribution in [0.15, 0.2) is 69.8 Å². The zero-order valence-electron chi connectivity index (χ0n) is 23.1. The number of fused-ring (bicyclic) bond motifs is 1. The van der Waals surface area contributed by atoms with Crippen LogP contribution in [0.1, 0.15) is 18.3 Å². The highest BCUT2D eigenvalue weighted by atomic mass is 32.2. The molecule has 1 saturated heterocycles. The van der Waals surface area contributed by atoms with Crippen LogP contribution in [-0.2, 0) is 10.0 Å². The second-order valence-electron chi connectivity index (χ2n) is 10.3. The summed E-state index contributed by atoms with van der Waals surface area (Å²) in [7, 11) is -3.57.